The third kappa shape index (κ3) is 12.0. The van der Waals surface area contributed by atoms with E-state index in [0.29, 0.717) is 19.4 Å². The molecule has 0 aliphatic heterocycles. The smallest absolute Gasteiger partial charge is 0.677 e. The van der Waals surface area contributed by atoms with Crippen LogP contribution in [-0.2, 0) is 6.18 Å². The maximum Gasteiger partial charge on any atom is 1.00 e. The first-order valence-corrected chi connectivity index (χ1v) is 9.95. The van der Waals surface area contributed by atoms with Gasteiger partial charge in [0, 0.05) is 12.8 Å². The van der Waals surface area contributed by atoms with Gasteiger partial charge in [0.05, 0.1) is 5.56 Å². The number of benzene rings is 1. The van der Waals surface area contributed by atoms with E-state index in [1.807, 2.05) is 0 Å². The summed E-state index contributed by atoms with van der Waals surface area (Å²) in [6.45, 7) is 3.79. The number of nitrogens with one attached hydrogen (secondary N) is 1. The maximum absolute atomic E-state index is 14.0. The van der Waals surface area contributed by atoms with Crippen molar-refractivity contribution < 1.29 is 78.1 Å². The summed E-state index contributed by atoms with van der Waals surface area (Å²) in [6, 6.07) is 4.37. The number of unbranched alkanes of at least 4 members (excludes halogenated alkanes) is 3. The van der Waals surface area contributed by atoms with Crippen LogP contribution in [0.2, 0.25) is 0 Å². The van der Waals surface area contributed by atoms with E-state index in [-0.39, 0.29) is 70.0 Å². The van der Waals surface area contributed by atoms with Crippen molar-refractivity contribution in [3.05, 3.63) is 35.6 Å². The average Bonchev–Trinajstić information content (AvgIpc) is 2.59. The monoisotopic (exact) mass is 447 g/mol. The number of rotatable bonds is 13. The van der Waals surface area contributed by atoms with E-state index in [9.17, 15) is 22.0 Å². The standard InChI is InChI=1S/C21H31F5NO.K/c1-3-13-20(22,23)15-16(2)19(8-6-4-5-7-14-27)28-18-11-9-17(10-12-18)21(24,25)26;/h9-12,16,19,27H,3-8,13-15H2,1-2H3;/q-1;+1. The molecule has 0 fully saturated rings. The van der Waals surface area contributed by atoms with Gasteiger partial charge in [-0.05, 0) is 43.0 Å². The van der Waals surface area contributed by atoms with Crippen molar-refractivity contribution in [1.82, 2.24) is 0 Å². The van der Waals surface area contributed by atoms with Crippen molar-refractivity contribution >= 4 is 0 Å². The maximum atomic E-state index is 14.0. The summed E-state index contributed by atoms with van der Waals surface area (Å²) in [6.07, 6.45) is -1.11. The Labute approximate surface area is 213 Å². The normalized spacial score (nSPS) is 14.2. The van der Waals surface area contributed by atoms with E-state index >= 15 is 0 Å². The van der Waals surface area contributed by atoms with Gasteiger partial charge in [0.2, 0.25) is 5.92 Å². The molecule has 1 aromatic rings. The van der Waals surface area contributed by atoms with Gasteiger partial charge < -0.3 is 10.5 Å². The second-order valence-electron chi connectivity index (χ2n) is 7.42. The first-order chi connectivity index (χ1) is 13.1. The Morgan fingerprint density at radius 1 is 0.966 bits per heavy atom. The summed E-state index contributed by atoms with van der Waals surface area (Å²) >= 11 is 0. The van der Waals surface area contributed by atoms with Gasteiger partial charge in [-0.3, -0.25) is 0 Å². The molecule has 0 spiro atoms. The van der Waals surface area contributed by atoms with E-state index in [2.05, 4.69) is 0 Å². The number of hydrogen-bond donors (Lipinski definition) is 0. The molecule has 1 rings (SSSR count). The number of ether oxygens (including phenoxy) is 1. The first-order valence-electron chi connectivity index (χ1n) is 9.95. The molecule has 0 amide bonds. The molecule has 162 valence electrons. The summed E-state index contributed by atoms with van der Waals surface area (Å²) in [7, 11) is 0. The Kier molecular flexibility index (Phi) is 14.5. The second kappa shape index (κ2) is 14.4. The van der Waals surface area contributed by atoms with Crippen molar-refractivity contribution in [3.8, 4) is 5.75 Å². The van der Waals surface area contributed by atoms with Crippen molar-refractivity contribution in [2.75, 3.05) is 6.54 Å². The van der Waals surface area contributed by atoms with Crippen molar-refractivity contribution in [1.29, 1.82) is 0 Å². The molecule has 0 heterocycles. The van der Waals surface area contributed by atoms with Crippen LogP contribution in [0.4, 0.5) is 22.0 Å². The Morgan fingerprint density at radius 2 is 1.55 bits per heavy atom. The molecule has 0 aliphatic carbocycles. The molecule has 0 saturated carbocycles. The van der Waals surface area contributed by atoms with Crippen molar-refractivity contribution in [2.45, 2.75) is 83.4 Å². The minimum Gasteiger partial charge on any atom is -0.677 e. The summed E-state index contributed by atoms with van der Waals surface area (Å²) in [5, 5.41) is 0. The van der Waals surface area contributed by atoms with E-state index in [4.69, 9.17) is 10.5 Å². The fourth-order valence-electron chi connectivity index (χ4n) is 3.25. The van der Waals surface area contributed by atoms with Gasteiger partial charge in [-0.2, -0.15) is 19.7 Å². The summed E-state index contributed by atoms with van der Waals surface area (Å²) < 4.78 is 72.0. The van der Waals surface area contributed by atoms with Gasteiger partial charge in [-0.15, -0.1) is 0 Å². The quantitative estimate of drug-likeness (QED) is 0.240. The molecule has 0 bridgehead atoms. The average molecular weight is 448 g/mol. The van der Waals surface area contributed by atoms with Crippen LogP contribution in [0, 0.1) is 5.92 Å². The summed E-state index contributed by atoms with van der Waals surface area (Å²) in [5.41, 5.74) is 6.38. The van der Waals surface area contributed by atoms with E-state index < -0.39 is 29.7 Å². The van der Waals surface area contributed by atoms with Gasteiger partial charge in [-0.25, -0.2) is 8.78 Å². The van der Waals surface area contributed by atoms with Crippen LogP contribution in [0.15, 0.2) is 24.3 Å². The third-order valence-electron chi connectivity index (χ3n) is 4.76. The molecule has 0 aromatic heterocycles. The molecule has 0 radical (unpaired) electrons. The molecule has 2 unspecified atom stereocenters. The Bertz CT molecular complexity index is 551. The Balaban J connectivity index is 0.00000784. The molecule has 29 heavy (non-hydrogen) atoms. The molecule has 0 saturated heterocycles. The van der Waals surface area contributed by atoms with Crippen LogP contribution < -0.4 is 56.1 Å². The zero-order chi connectivity index (χ0) is 21.2. The fourth-order valence-corrected chi connectivity index (χ4v) is 3.25. The molecular weight excluding hydrogens is 416 g/mol. The first kappa shape index (κ1) is 29.3. The summed E-state index contributed by atoms with van der Waals surface area (Å²) in [4.78, 5) is 0. The van der Waals surface area contributed by atoms with Crippen LogP contribution in [0.5, 0.6) is 5.75 Å². The number of hydrogen-bond acceptors (Lipinski definition) is 1. The molecule has 2 nitrogen and oxygen atoms in total. The van der Waals surface area contributed by atoms with Crippen LogP contribution in [0.3, 0.4) is 0 Å². The number of alkyl halides is 5. The molecule has 0 aliphatic rings. The van der Waals surface area contributed by atoms with Gasteiger partial charge >= 0.3 is 57.6 Å². The largest absolute Gasteiger partial charge is 1.00 e. The topological polar surface area (TPSA) is 33.0 Å². The van der Waals surface area contributed by atoms with Crippen LogP contribution in [-0.4, -0.2) is 18.6 Å². The number of halogens is 5. The van der Waals surface area contributed by atoms with Crippen molar-refractivity contribution in [3.63, 3.8) is 0 Å². The Hall–Kier alpha value is 0.266. The SMILES string of the molecule is CCCC(F)(F)CC(C)C(CCCCCC[NH-])Oc1ccc(C(F)(F)F)cc1.[K+]. The fraction of sp³-hybridized carbons (Fsp3) is 0.714. The van der Waals surface area contributed by atoms with Crippen LogP contribution >= 0.6 is 0 Å². The zero-order valence-electron chi connectivity index (χ0n) is 17.6. The van der Waals surface area contributed by atoms with Crippen LogP contribution in [0.25, 0.3) is 5.73 Å². The molecule has 1 N–H and O–H groups in total. The molecule has 2 atom stereocenters. The van der Waals surface area contributed by atoms with Gasteiger partial charge in [0.15, 0.2) is 0 Å². The van der Waals surface area contributed by atoms with E-state index in [1.165, 1.54) is 12.1 Å². The van der Waals surface area contributed by atoms with Gasteiger partial charge in [0.25, 0.3) is 0 Å². The Morgan fingerprint density at radius 3 is 2.07 bits per heavy atom. The summed E-state index contributed by atoms with van der Waals surface area (Å²) in [5.74, 6) is -2.95. The van der Waals surface area contributed by atoms with Gasteiger partial charge in [-0.1, -0.05) is 39.5 Å². The van der Waals surface area contributed by atoms with Crippen LogP contribution in [0.1, 0.15) is 70.8 Å². The minimum absolute atomic E-state index is 0. The minimum atomic E-state index is -4.43. The predicted octanol–water partition coefficient (Wildman–Crippen LogP) is 4.92. The van der Waals surface area contributed by atoms with Gasteiger partial charge in [0.1, 0.15) is 11.9 Å². The molecule has 8 heteroatoms. The second-order valence-corrected chi connectivity index (χ2v) is 7.42. The molecular formula is C21H31F5KNO. The predicted molar refractivity (Wildman–Crippen MR) is 102 cm³/mol. The van der Waals surface area contributed by atoms with Crippen molar-refractivity contribution in [2.24, 2.45) is 5.92 Å². The zero-order valence-corrected chi connectivity index (χ0v) is 20.7. The van der Waals surface area contributed by atoms with E-state index in [1.54, 1.807) is 13.8 Å². The molecule has 1 aromatic carbocycles. The third-order valence-corrected chi connectivity index (χ3v) is 4.76. The van der Waals surface area contributed by atoms with E-state index in [0.717, 1.165) is 37.8 Å².